The molecule has 0 aromatic heterocycles. The largest absolute Gasteiger partial charge is 0.497 e. The van der Waals surface area contributed by atoms with Crippen LogP contribution in [0.3, 0.4) is 0 Å². The predicted octanol–water partition coefficient (Wildman–Crippen LogP) is 5.75. The molecular formula is C23H32O. The number of ether oxygens (including phenoxy) is 1. The lowest BCUT2D eigenvalue weighted by Gasteiger charge is -2.59. The lowest BCUT2D eigenvalue weighted by Crippen LogP contribution is -2.53. The van der Waals surface area contributed by atoms with Crippen molar-refractivity contribution >= 4 is 0 Å². The number of hydrogen-bond donors (Lipinski definition) is 0. The number of fused-ring (bicyclic) bond motifs is 1. The van der Waals surface area contributed by atoms with Crippen molar-refractivity contribution in [3.8, 4) is 5.75 Å². The third-order valence-corrected chi connectivity index (χ3v) is 8.44. The molecule has 24 heavy (non-hydrogen) atoms. The third kappa shape index (κ3) is 2.12. The Kier molecular flexibility index (Phi) is 3.51. The van der Waals surface area contributed by atoms with Gasteiger partial charge in [0.05, 0.1) is 7.11 Å². The van der Waals surface area contributed by atoms with E-state index in [2.05, 4.69) is 25.1 Å². The van der Waals surface area contributed by atoms with Crippen molar-refractivity contribution < 1.29 is 4.74 Å². The zero-order valence-electron chi connectivity index (χ0n) is 15.4. The Morgan fingerprint density at radius 1 is 1.08 bits per heavy atom. The standard InChI is InChI=1S/C23H32O/c1-15(16-6-7-16)19-10-12-23-11-4-3-5-21(23)20(19)13-17-8-9-18(24-2)14-22(17)23/h8-9,14-16,19-21H,3-7,10-13H2,1-2H3. The Labute approximate surface area is 147 Å². The van der Waals surface area contributed by atoms with Crippen LogP contribution in [0.2, 0.25) is 0 Å². The molecule has 1 aromatic rings. The minimum absolute atomic E-state index is 0.491. The van der Waals surface area contributed by atoms with Gasteiger partial charge in [-0.2, -0.15) is 0 Å². The molecule has 0 spiro atoms. The number of hydrogen-bond acceptors (Lipinski definition) is 1. The first-order chi connectivity index (χ1) is 11.7. The average molecular weight is 325 g/mol. The fourth-order valence-electron chi connectivity index (χ4n) is 7.10. The van der Waals surface area contributed by atoms with Crippen molar-refractivity contribution in [2.45, 2.75) is 70.1 Å². The van der Waals surface area contributed by atoms with Crippen LogP contribution in [-0.2, 0) is 11.8 Å². The van der Waals surface area contributed by atoms with E-state index < -0.39 is 0 Å². The SMILES string of the molecule is COc1ccc2c(c1)C13CCCCC1C(C2)C(C(C)C1CC1)CC3. The predicted molar refractivity (Wildman–Crippen MR) is 98.4 cm³/mol. The monoisotopic (exact) mass is 324 g/mol. The molecule has 1 nitrogen and oxygen atoms in total. The Morgan fingerprint density at radius 3 is 2.75 bits per heavy atom. The maximum Gasteiger partial charge on any atom is 0.119 e. The van der Waals surface area contributed by atoms with Crippen molar-refractivity contribution in [2.75, 3.05) is 7.11 Å². The van der Waals surface area contributed by atoms with E-state index in [1.54, 1.807) is 11.1 Å². The number of methoxy groups -OCH3 is 1. The second kappa shape index (κ2) is 5.51. The summed E-state index contributed by atoms with van der Waals surface area (Å²) < 4.78 is 5.59. The minimum atomic E-state index is 0.491. The van der Waals surface area contributed by atoms with E-state index in [1.165, 1.54) is 57.8 Å². The summed E-state index contributed by atoms with van der Waals surface area (Å²) in [6.07, 6.45) is 13.1. The van der Waals surface area contributed by atoms with Crippen LogP contribution < -0.4 is 4.74 Å². The lowest BCUT2D eigenvalue weighted by molar-refractivity contribution is -0.0120. The van der Waals surface area contributed by atoms with E-state index >= 15 is 0 Å². The van der Waals surface area contributed by atoms with Crippen molar-refractivity contribution in [1.82, 2.24) is 0 Å². The van der Waals surface area contributed by atoms with Crippen LogP contribution in [-0.4, -0.2) is 7.11 Å². The zero-order valence-corrected chi connectivity index (χ0v) is 15.4. The molecule has 5 rings (SSSR count). The molecule has 4 aliphatic carbocycles. The molecule has 0 saturated heterocycles. The van der Waals surface area contributed by atoms with Gasteiger partial charge >= 0.3 is 0 Å². The van der Waals surface area contributed by atoms with Crippen molar-refractivity contribution in [3.05, 3.63) is 29.3 Å². The van der Waals surface area contributed by atoms with E-state index in [4.69, 9.17) is 4.74 Å². The molecule has 0 amide bonds. The summed E-state index contributed by atoms with van der Waals surface area (Å²) in [5.74, 6) is 5.99. The third-order valence-electron chi connectivity index (χ3n) is 8.44. The van der Waals surface area contributed by atoms with E-state index in [0.29, 0.717) is 5.41 Å². The van der Waals surface area contributed by atoms with Crippen LogP contribution in [0.4, 0.5) is 0 Å². The van der Waals surface area contributed by atoms with Gasteiger partial charge in [-0.1, -0.05) is 25.8 Å². The van der Waals surface area contributed by atoms with E-state index in [0.717, 1.165) is 35.3 Å². The summed E-state index contributed by atoms with van der Waals surface area (Å²) in [7, 11) is 1.82. The molecule has 2 bridgehead atoms. The normalized spacial score (nSPS) is 38.8. The van der Waals surface area contributed by atoms with Gasteiger partial charge in [-0.15, -0.1) is 0 Å². The van der Waals surface area contributed by atoms with Crippen molar-refractivity contribution in [1.29, 1.82) is 0 Å². The van der Waals surface area contributed by atoms with Crippen molar-refractivity contribution in [3.63, 3.8) is 0 Å². The molecule has 130 valence electrons. The Hall–Kier alpha value is -0.980. The minimum Gasteiger partial charge on any atom is -0.497 e. The van der Waals surface area contributed by atoms with Crippen LogP contribution in [0, 0.1) is 29.6 Å². The molecule has 3 saturated carbocycles. The smallest absolute Gasteiger partial charge is 0.119 e. The maximum absolute atomic E-state index is 5.59. The van der Waals surface area contributed by atoms with Gasteiger partial charge in [-0.3, -0.25) is 0 Å². The molecule has 5 atom stereocenters. The van der Waals surface area contributed by atoms with Crippen LogP contribution in [0.1, 0.15) is 69.4 Å². The van der Waals surface area contributed by atoms with Crippen molar-refractivity contribution in [2.24, 2.45) is 29.6 Å². The molecule has 3 fully saturated rings. The van der Waals surface area contributed by atoms with E-state index in [9.17, 15) is 0 Å². The van der Waals surface area contributed by atoms with Crippen LogP contribution in [0.25, 0.3) is 0 Å². The Balaban J connectivity index is 1.58. The molecule has 0 radical (unpaired) electrons. The lowest BCUT2D eigenvalue weighted by atomic mass is 9.45. The molecule has 5 unspecified atom stereocenters. The first-order valence-electron chi connectivity index (χ1n) is 10.4. The second-order valence-corrected chi connectivity index (χ2v) is 9.30. The molecule has 0 N–H and O–H groups in total. The quantitative estimate of drug-likeness (QED) is 0.687. The average Bonchev–Trinajstić information content (AvgIpc) is 3.46. The topological polar surface area (TPSA) is 9.23 Å². The highest BCUT2D eigenvalue weighted by Crippen LogP contribution is 2.62. The Morgan fingerprint density at radius 2 is 1.96 bits per heavy atom. The van der Waals surface area contributed by atoms with Gasteiger partial charge in [-0.25, -0.2) is 0 Å². The molecule has 1 aromatic carbocycles. The summed E-state index contributed by atoms with van der Waals surface area (Å²) in [6.45, 7) is 2.59. The molecule has 0 heterocycles. The fourth-order valence-corrected chi connectivity index (χ4v) is 7.10. The Bertz CT molecular complexity index is 631. The number of rotatable bonds is 3. The highest BCUT2D eigenvalue weighted by molar-refractivity contribution is 5.45. The van der Waals surface area contributed by atoms with Gasteiger partial charge < -0.3 is 4.74 Å². The molecular weight excluding hydrogens is 292 g/mol. The first-order valence-corrected chi connectivity index (χ1v) is 10.4. The second-order valence-electron chi connectivity index (χ2n) is 9.30. The zero-order chi connectivity index (χ0) is 16.3. The molecule has 0 aliphatic heterocycles. The summed E-state index contributed by atoms with van der Waals surface area (Å²) >= 11 is 0. The molecule has 1 heteroatoms. The summed E-state index contributed by atoms with van der Waals surface area (Å²) in [6, 6.07) is 7.01. The van der Waals surface area contributed by atoms with Crippen LogP contribution >= 0.6 is 0 Å². The summed E-state index contributed by atoms with van der Waals surface area (Å²) in [5, 5.41) is 0. The highest BCUT2D eigenvalue weighted by Gasteiger charge is 2.55. The van der Waals surface area contributed by atoms with E-state index in [1.807, 2.05) is 7.11 Å². The van der Waals surface area contributed by atoms with Gasteiger partial charge in [0.25, 0.3) is 0 Å². The van der Waals surface area contributed by atoms with Crippen LogP contribution in [0.15, 0.2) is 18.2 Å². The van der Waals surface area contributed by atoms with Crippen LogP contribution in [0.5, 0.6) is 5.75 Å². The maximum atomic E-state index is 5.59. The first kappa shape index (κ1) is 15.3. The van der Waals surface area contributed by atoms with Gasteiger partial charge in [0, 0.05) is 0 Å². The van der Waals surface area contributed by atoms with E-state index in [-0.39, 0.29) is 0 Å². The van der Waals surface area contributed by atoms with Gasteiger partial charge in [0.15, 0.2) is 0 Å². The summed E-state index contributed by atoms with van der Waals surface area (Å²) in [4.78, 5) is 0. The summed E-state index contributed by atoms with van der Waals surface area (Å²) in [5.41, 5.74) is 3.83. The van der Waals surface area contributed by atoms with Gasteiger partial charge in [0.2, 0.25) is 0 Å². The van der Waals surface area contributed by atoms with Gasteiger partial charge in [-0.05, 0) is 103 Å². The highest BCUT2D eigenvalue weighted by atomic mass is 16.5. The fraction of sp³-hybridized carbons (Fsp3) is 0.739. The molecule has 4 aliphatic rings. The number of benzene rings is 1. The van der Waals surface area contributed by atoms with Gasteiger partial charge in [0.1, 0.15) is 5.75 Å².